The molecule has 0 bridgehead atoms. The lowest BCUT2D eigenvalue weighted by atomic mass is 10.1. The Bertz CT molecular complexity index is 422. The first-order chi connectivity index (χ1) is 9.00. The van der Waals surface area contributed by atoms with Gasteiger partial charge < -0.3 is 15.8 Å². The summed E-state index contributed by atoms with van der Waals surface area (Å²) in [5, 5.41) is 2.64. The maximum atomic E-state index is 13.4. The van der Waals surface area contributed by atoms with Crippen molar-refractivity contribution in [2.45, 2.75) is 20.3 Å². The quantitative estimate of drug-likeness (QED) is 0.588. The van der Waals surface area contributed by atoms with Crippen molar-refractivity contribution >= 4 is 11.6 Å². The number of carbonyl (C=O) groups excluding carboxylic acids is 1. The van der Waals surface area contributed by atoms with Crippen LogP contribution < -0.4 is 11.1 Å². The number of amides is 1. The van der Waals surface area contributed by atoms with Crippen molar-refractivity contribution in [1.82, 2.24) is 5.32 Å². The third kappa shape index (κ3) is 5.70. The monoisotopic (exact) mass is 268 g/mol. The second-order valence-electron chi connectivity index (χ2n) is 4.82. The van der Waals surface area contributed by atoms with Crippen molar-refractivity contribution in [2.75, 3.05) is 25.5 Å². The minimum absolute atomic E-state index is 0.0249. The van der Waals surface area contributed by atoms with Crippen LogP contribution in [-0.4, -0.2) is 25.7 Å². The molecule has 1 amide bonds. The Hall–Kier alpha value is -1.62. The fraction of sp³-hybridized carbons (Fsp3) is 0.500. The Morgan fingerprint density at radius 1 is 1.47 bits per heavy atom. The standard InChI is InChI=1S/C14H21FN2O2/c1-10(2)9-19-7-3-6-17-14(18)12-8-11(16)4-5-13(12)15/h4-5,8,10H,3,6-7,9,16H2,1-2H3,(H,17,18). The number of anilines is 1. The number of nitrogen functional groups attached to an aromatic ring is 1. The van der Waals surface area contributed by atoms with E-state index in [4.69, 9.17) is 10.5 Å². The van der Waals surface area contributed by atoms with E-state index in [-0.39, 0.29) is 5.56 Å². The van der Waals surface area contributed by atoms with E-state index in [0.29, 0.717) is 37.8 Å². The van der Waals surface area contributed by atoms with Gasteiger partial charge in [0, 0.05) is 25.4 Å². The summed E-state index contributed by atoms with van der Waals surface area (Å²) in [7, 11) is 0. The Morgan fingerprint density at radius 3 is 2.89 bits per heavy atom. The highest BCUT2D eigenvalue weighted by Crippen LogP contribution is 2.11. The summed E-state index contributed by atoms with van der Waals surface area (Å²) in [6.45, 7) is 5.88. The summed E-state index contributed by atoms with van der Waals surface area (Å²) in [4.78, 5) is 11.7. The predicted molar refractivity (Wildman–Crippen MR) is 73.4 cm³/mol. The second kappa shape index (κ2) is 7.74. The molecule has 0 atom stereocenters. The van der Waals surface area contributed by atoms with Crippen LogP contribution in [-0.2, 0) is 4.74 Å². The second-order valence-corrected chi connectivity index (χ2v) is 4.82. The van der Waals surface area contributed by atoms with Gasteiger partial charge in [-0.1, -0.05) is 13.8 Å². The third-order valence-corrected chi connectivity index (χ3v) is 2.44. The Morgan fingerprint density at radius 2 is 2.21 bits per heavy atom. The van der Waals surface area contributed by atoms with E-state index >= 15 is 0 Å². The predicted octanol–water partition coefficient (Wildman–Crippen LogP) is 2.20. The normalized spacial score (nSPS) is 10.7. The Labute approximate surface area is 113 Å². The molecule has 0 aliphatic heterocycles. The third-order valence-electron chi connectivity index (χ3n) is 2.44. The van der Waals surface area contributed by atoms with Gasteiger partial charge in [0.05, 0.1) is 5.56 Å². The zero-order valence-corrected chi connectivity index (χ0v) is 11.4. The molecule has 0 spiro atoms. The molecule has 106 valence electrons. The first kappa shape index (κ1) is 15.4. The molecule has 0 fully saturated rings. The van der Waals surface area contributed by atoms with Gasteiger partial charge in [-0.2, -0.15) is 0 Å². The Kier molecular flexibility index (Phi) is 6.29. The lowest BCUT2D eigenvalue weighted by Crippen LogP contribution is -2.26. The van der Waals surface area contributed by atoms with E-state index in [1.807, 2.05) is 0 Å². The van der Waals surface area contributed by atoms with Gasteiger partial charge in [-0.15, -0.1) is 0 Å². The van der Waals surface area contributed by atoms with E-state index in [1.165, 1.54) is 18.2 Å². The number of benzene rings is 1. The molecular formula is C14H21FN2O2. The van der Waals surface area contributed by atoms with Crippen LogP contribution >= 0.6 is 0 Å². The van der Waals surface area contributed by atoms with Crippen LogP contribution in [0.25, 0.3) is 0 Å². The Balaban J connectivity index is 2.29. The van der Waals surface area contributed by atoms with Crippen LogP contribution in [0.1, 0.15) is 30.6 Å². The summed E-state index contributed by atoms with van der Waals surface area (Å²) in [5.74, 6) is -0.521. The molecule has 1 rings (SSSR count). The molecule has 0 aliphatic rings. The highest BCUT2D eigenvalue weighted by atomic mass is 19.1. The fourth-order valence-electron chi connectivity index (χ4n) is 1.51. The minimum Gasteiger partial charge on any atom is -0.399 e. The van der Waals surface area contributed by atoms with Crippen molar-refractivity contribution in [2.24, 2.45) is 5.92 Å². The van der Waals surface area contributed by atoms with E-state index in [2.05, 4.69) is 19.2 Å². The first-order valence-electron chi connectivity index (χ1n) is 6.41. The van der Waals surface area contributed by atoms with Crippen LogP contribution in [0.2, 0.25) is 0 Å². The largest absolute Gasteiger partial charge is 0.399 e. The van der Waals surface area contributed by atoms with Crippen LogP contribution in [0, 0.1) is 11.7 Å². The van der Waals surface area contributed by atoms with Crippen molar-refractivity contribution in [3.63, 3.8) is 0 Å². The van der Waals surface area contributed by atoms with Crippen LogP contribution in [0.15, 0.2) is 18.2 Å². The topological polar surface area (TPSA) is 64.3 Å². The van der Waals surface area contributed by atoms with Gasteiger partial charge in [-0.25, -0.2) is 4.39 Å². The van der Waals surface area contributed by atoms with Crippen LogP contribution in [0.5, 0.6) is 0 Å². The van der Waals surface area contributed by atoms with Gasteiger partial charge in [-0.3, -0.25) is 4.79 Å². The molecule has 3 N–H and O–H groups in total. The molecular weight excluding hydrogens is 247 g/mol. The summed E-state index contributed by atoms with van der Waals surface area (Å²) in [5.41, 5.74) is 5.86. The zero-order valence-electron chi connectivity index (χ0n) is 11.4. The van der Waals surface area contributed by atoms with Crippen LogP contribution in [0.4, 0.5) is 10.1 Å². The molecule has 0 aromatic heterocycles. The number of nitrogens with two attached hydrogens (primary N) is 1. The maximum Gasteiger partial charge on any atom is 0.254 e. The number of ether oxygens (including phenoxy) is 1. The average molecular weight is 268 g/mol. The van der Waals surface area contributed by atoms with Crippen molar-refractivity contribution in [3.05, 3.63) is 29.6 Å². The number of hydrogen-bond acceptors (Lipinski definition) is 3. The molecule has 19 heavy (non-hydrogen) atoms. The smallest absolute Gasteiger partial charge is 0.254 e. The van der Waals surface area contributed by atoms with Crippen molar-refractivity contribution < 1.29 is 13.9 Å². The fourth-order valence-corrected chi connectivity index (χ4v) is 1.51. The number of carbonyl (C=O) groups is 1. The molecule has 5 heteroatoms. The lowest BCUT2D eigenvalue weighted by Gasteiger charge is -2.08. The number of nitrogens with one attached hydrogen (secondary N) is 1. The van der Waals surface area contributed by atoms with E-state index in [9.17, 15) is 9.18 Å². The van der Waals surface area contributed by atoms with E-state index < -0.39 is 11.7 Å². The summed E-state index contributed by atoms with van der Waals surface area (Å²) in [6, 6.07) is 3.95. The number of hydrogen-bond donors (Lipinski definition) is 2. The number of rotatable bonds is 7. The highest BCUT2D eigenvalue weighted by Gasteiger charge is 2.11. The van der Waals surface area contributed by atoms with E-state index in [1.54, 1.807) is 0 Å². The SMILES string of the molecule is CC(C)COCCCNC(=O)c1cc(N)ccc1F. The summed E-state index contributed by atoms with van der Waals surface area (Å²) < 4.78 is 18.8. The van der Waals surface area contributed by atoms with Crippen LogP contribution in [0.3, 0.4) is 0 Å². The lowest BCUT2D eigenvalue weighted by molar-refractivity contribution is 0.0921. The van der Waals surface area contributed by atoms with Crippen molar-refractivity contribution in [3.8, 4) is 0 Å². The molecule has 0 radical (unpaired) electrons. The summed E-state index contributed by atoms with van der Waals surface area (Å²) in [6.07, 6.45) is 0.697. The van der Waals surface area contributed by atoms with Gasteiger partial charge in [-0.05, 0) is 30.5 Å². The molecule has 0 heterocycles. The molecule has 0 saturated carbocycles. The number of halogens is 1. The van der Waals surface area contributed by atoms with Gasteiger partial charge in [0.2, 0.25) is 0 Å². The molecule has 0 saturated heterocycles. The van der Waals surface area contributed by atoms with Gasteiger partial charge >= 0.3 is 0 Å². The molecule has 0 aliphatic carbocycles. The molecule has 4 nitrogen and oxygen atoms in total. The van der Waals surface area contributed by atoms with Gasteiger partial charge in [0.15, 0.2) is 0 Å². The molecule has 1 aromatic carbocycles. The average Bonchev–Trinajstić information content (AvgIpc) is 2.36. The minimum atomic E-state index is -0.567. The highest BCUT2D eigenvalue weighted by molar-refractivity contribution is 5.95. The van der Waals surface area contributed by atoms with E-state index in [0.717, 1.165) is 0 Å². The van der Waals surface area contributed by atoms with Gasteiger partial charge in [0.25, 0.3) is 5.91 Å². The zero-order chi connectivity index (χ0) is 14.3. The van der Waals surface area contributed by atoms with Crippen molar-refractivity contribution in [1.29, 1.82) is 0 Å². The summed E-state index contributed by atoms with van der Waals surface area (Å²) >= 11 is 0. The first-order valence-corrected chi connectivity index (χ1v) is 6.41. The maximum absolute atomic E-state index is 13.4. The molecule has 0 unspecified atom stereocenters. The molecule has 1 aromatic rings. The van der Waals surface area contributed by atoms with Gasteiger partial charge in [0.1, 0.15) is 5.82 Å².